The van der Waals surface area contributed by atoms with E-state index in [2.05, 4.69) is 9.88 Å². The van der Waals surface area contributed by atoms with Crippen LogP contribution in [0.4, 0.5) is 0 Å². The molecule has 94 valence electrons. The van der Waals surface area contributed by atoms with Crippen LogP contribution in [0.3, 0.4) is 0 Å². The van der Waals surface area contributed by atoms with Crippen molar-refractivity contribution in [1.82, 2.24) is 9.03 Å². The van der Waals surface area contributed by atoms with Crippen LogP contribution in [-0.4, -0.2) is 42.9 Å². The summed E-state index contributed by atoms with van der Waals surface area (Å²) in [6.07, 6.45) is 2.25. The Balaban J connectivity index is 2.90. The Hall–Kier alpha value is -0.860. The van der Waals surface area contributed by atoms with E-state index in [4.69, 9.17) is 10.9 Å². The van der Waals surface area contributed by atoms with Crippen LogP contribution >= 0.6 is 0 Å². The van der Waals surface area contributed by atoms with Gasteiger partial charge in [-0.25, -0.2) is 4.72 Å². The number of nitrogens with one attached hydrogen (secondary N) is 1. The van der Waals surface area contributed by atoms with E-state index in [0.29, 0.717) is 19.5 Å². The van der Waals surface area contributed by atoms with E-state index in [1.165, 1.54) is 4.31 Å². The predicted molar refractivity (Wildman–Crippen MR) is 60.4 cm³/mol. The predicted octanol–water partition coefficient (Wildman–Crippen LogP) is -0.558. The molecule has 0 aliphatic carbocycles. The van der Waals surface area contributed by atoms with Gasteiger partial charge in [-0.15, -0.1) is 0 Å². The molecule has 1 heterocycles. The number of rotatable bonds is 4. The summed E-state index contributed by atoms with van der Waals surface area (Å²) in [7, 11) is -3.53. The van der Waals surface area contributed by atoms with E-state index in [1.54, 1.807) is 6.92 Å². The summed E-state index contributed by atoms with van der Waals surface area (Å²) in [6.45, 7) is 2.43. The van der Waals surface area contributed by atoms with E-state index >= 15 is 0 Å². The minimum absolute atomic E-state index is 0.0545. The molecular formula is C8H18N4O3S. The number of oxime groups is 1. The topological polar surface area (TPSA) is 108 Å². The molecule has 1 aliphatic rings. The summed E-state index contributed by atoms with van der Waals surface area (Å²) in [4.78, 5) is 0. The number of nitrogens with two attached hydrogens (primary N) is 1. The monoisotopic (exact) mass is 250 g/mol. The summed E-state index contributed by atoms with van der Waals surface area (Å²) >= 11 is 0. The minimum atomic E-state index is -3.53. The molecular weight excluding hydrogens is 232 g/mol. The number of amidine groups is 1. The minimum Gasteiger partial charge on any atom is -0.409 e. The second kappa shape index (κ2) is 5.46. The number of nitrogens with zero attached hydrogens (tertiary/aromatic N) is 2. The highest BCUT2D eigenvalue weighted by Gasteiger charge is 2.34. The molecule has 0 aromatic heterocycles. The third kappa shape index (κ3) is 2.83. The van der Waals surface area contributed by atoms with Gasteiger partial charge in [0.15, 0.2) is 5.84 Å². The van der Waals surface area contributed by atoms with Gasteiger partial charge in [0.2, 0.25) is 0 Å². The molecule has 0 aromatic carbocycles. The van der Waals surface area contributed by atoms with Crippen LogP contribution < -0.4 is 10.5 Å². The van der Waals surface area contributed by atoms with Crippen LogP contribution in [0.2, 0.25) is 0 Å². The van der Waals surface area contributed by atoms with E-state index in [9.17, 15) is 8.42 Å². The fourth-order valence-corrected chi connectivity index (χ4v) is 3.27. The van der Waals surface area contributed by atoms with Crippen LogP contribution in [-0.2, 0) is 10.2 Å². The fraction of sp³-hybridized carbons (Fsp3) is 0.875. The molecule has 4 N–H and O–H groups in total. The van der Waals surface area contributed by atoms with E-state index in [-0.39, 0.29) is 5.84 Å². The maximum atomic E-state index is 11.8. The maximum Gasteiger partial charge on any atom is 0.280 e. The van der Waals surface area contributed by atoms with Gasteiger partial charge in [0, 0.05) is 13.1 Å². The molecule has 0 bridgehead atoms. The van der Waals surface area contributed by atoms with E-state index in [0.717, 1.165) is 12.8 Å². The molecule has 0 aromatic rings. The highest BCUT2D eigenvalue weighted by atomic mass is 32.2. The Morgan fingerprint density at radius 3 is 2.88 bits per heavy atom. The van der Waals surface area contributed by atoms with Crippen LogP contribution in [0.25, 0.3) is 0 Å². The molecule has 1 rings (SSSR count). The first-order valence-electron chi connectivity index (χ1n) is 5.26. The van der Waals surface area contributed by atoms with Crippen molar-refractivity contribution in [2.75, 3.05) is 13.1 Å². The van der Waals surface area contributed by atoms with Gasteiger partial charge >= 0.3 is 0 Å². The first kappa shape index (κ1) is 13.2. The Morgan fingerprint density at radius 1 is 1.62 bits per heavy atom. The average Bonchev–Trinajstić information content (AvgIpc) is 2.28. The summed E-state index contributed by atoms with van der Waals surface area (Å²) < 4.78 is 27.3. The zero-order valence-electron chi connectivity index (χ0n) is 9.26. The van der Waals surface area contributed by atoms with Gasteiger partial charge in [-0.3, -0.25) is 0 Å². The van der Waals surface area contributed by atoms with Crippen molar-refractivity contribution in [3.05, 3.63) is 0 Å². The molecule has 1 fully saturated rings. The molecule has 1 atom stereocenters. The molecule has 16 heavy (non-hydrogen) atoms. The summed E-state index contributed by atoms with van der Waals surface area (Å²) in [5, 5.41) is 11.5. The lowest BCUT2D eigenvalue weighted by atomic mass is 10.0. The molecule has 1 aliphatic heterocycles. The van der Waals surface area contributed by atoms with E-state index in [1.807, 2.05) is 0 Å². The standard InChI is InChI=1S/C8H18N4O3S/c1-2-10-16(14,15)12-6-4-3-5-7(12)8(9)11-13/h7,10,13H,2-6H2,1H3,(H2,9,11). The van der Waals surface area contributed by atoms with Crippen LogP contribution in [0.5, 0.6) is 0 Å². The van der Waals surface area contributed by atoms with Gasteiger partial charge < -0.3 is 10.9 Å². The van der Waals surface area contributed by atoms with Gasteiger partial charge in [0.05, 0.1) is 6.04 Å². The lowest BCUT2D eigenvalue weighted by Gasteiger charge is -2.33. The van der Waals surface area contributed by atoms with Crippen molar-refractivity contribution in [1.29, 1.82) is 0 Å². The summed E-state index contributed by atoms with van der Waals surface area (Å²) in [5.74, 6) is -0.0545. The molecule has 7 nitrogen and oxygen atoms in total. The largest absolute Gasteiger partial charge is 0.409 e. The number of hydrogen-bond donors (Lipinski definition) is 3. The molecule has 8 heteroatoms. The van der Waals surface area contributed by atoms with Crippen molar-refractivity contribution < 1.29 is 13.6 Å². The van der Waals surface area contributed by atoms with Crippen molar-refractivity contribution in [3.63, 3.8) is 0 Å². The van der Waals surface area contributed by atoms with Crippen molar-refractivity contribution >= 4 is 16.0 Å². The molecule has 0 radical (unpaired) electrons. The number of hydrogen-bond acceptors (Lipinski definition) is 4. The fourth-order valence-electron chi connectivity index (χ4n) is 1.82. The van der Waals surface area contributed by atoms with E-state index < -0.39 is 16.3 Å². The third-order valence-electron chi connectivity index (χ3n) is 2.55. The van der Waals surface area contributed by atoms with Crippen molar-refractivity contribution in [2.24, 2.45) is 10.9 Å². The smallest absolute Gasteiger partial charge is 0.280 e. The summed E-state index contributed by atoms with van der Waals surface area (Å²) in [5.41, 5.74) is 5.50. The van der Waals surface area contributed by atoms with Crippen LogP contribution in [0.1, 0.15) is 26.2 Å². The molecule has 1 saturated heterocycles. The Bertz CT molecular complexity index is 354. The number of piperidine rings is 1. The SMILES string of the molecule is CCNS(=O)(=O)N1CCCCC1C(N)=NO. The quantitative estimate of drug-likeness (QED) is 0.269. The molecule has 0 saturated carbocycles. The first-order chi connectivity index (χ1) is 7.53. The normalized spacial score (nSPS) is 24.6. The zero-order valence-corrected chi connectivity index (χ0v) is 10.1. The highest BCUT2D eigenvalue weighted by Crippen LogP contribution is 2.19. The van der Waals surface area contributed by atoms with Gasteiger partial charge in [-0.1, -0.05) is 18.5 Å². The van der Waals surface area contributed by atoms with Crippen molar-refractivity contribution in [3.8, 4) is 0 Å². The highest BCUT2D eigenvalue weighted by molar-refractivity contribution is 7.87. The van der Waals surface area contributed by atoms with Gasteiger partial charge in [-0.2, -0.15) is 12.7 Å². The van der Waals surface area contributed by atoms with Crippen LogP contribution in [0.15, 0.2) is 5.16 Å². The Morgan fingerprint density at radius 2 is 2.31 bits per heavy atom. The van der Waals surface area contributed by atoms with Gasteiger partial charge in [0.1, 0.15) is 0 Å². The Labute approximate surface area is 95.5 Å². The maximum absolute atomic E-state index is 11.8. The average molecular weight is 250 g/mol. The van der Waals surface area contributed by atoms with Crippen molar-refractivity contribution in [2.45, 2.75) is 32.2 Å². The lowest BCUT2D eigenvalue weighted by Crippen LogP contribution is -2.53. The molecule has 1 unspecified atom stereocenters. The van der Waals surface area contributed by atoms with Crippen LogP contribution in [0, 0.1) is 0 Å². The third-order valence-corrected chi connectivity index (χ3v) is 4.25. The van der Waals surface area contributed by atoms with Gasteiger partial charge in [-0.05, 0) is 12.8 Å². The second-order valence-electron chi connectivity index (χ2n) is 3.65. The summed E-state index contributed by atoms with van der Waals surface area (Å²) in [6, 6.07) is -0.539. The first-order valence-corrected chi connectivity index (χ1v) is 6.70. The zero-order chi connectivity index (χ0) is 12.2. The lowest BCUT2D eigenvalue weighted by molar-refractivity contribution is 0.279. The molecule has 0 amide bonds. The van der Waals surface area contributed by atoms with Gasteiger partial charge in [0.25, 0.3) is 10.2 Å². The molecule has 0 spiro atoms. The Kier molecular flexibility index (Phi) is 4.51. The second-order valence-corrected chi connectivity index (χ2v) is 5.36.